The summed E-state index contributed by atoms with van der Waals surface area (Å²) < 4.78 is 45.7. The van der Waals surface area contributed by atoms with Crippen LogP contribution in [0.2, 0.25) is 0 Å². The second-order valence-corrected chi connectivity index (χ2v) is 6.43. The summed E-state index contributed by atoms with van der Waals surface area (Å²) in [6, 6.07) is 13.8. The Morgan fingerprint density at radius 2 is 1.70 bits per heavy atom. The van der Waals surface area contributed by atoms with E-state index in [0.29, 0.717) is 23.9 Å². The van der Waals surface area contributed by atoms with Gasteiger partial charge in [0, 0.05) is 12.6 Å². The lowest BCUT2D eigenvalue weighted by molar-refractivity contribution is -0.130. The molecule has 5 nitrogen and oxygen atoms in total. The molecule has 0 radical (unpaired) electrons. The summed E-state index contributed by atoms with van der Waals surface area (Å²) in [4.78, 5) is 26.1. The fourth-order valence-corrected chi connectivity index (χ4v) is 2.81. The van der Waals surface area contributed by atoms with Crippen LogP contribution in [0.15, 0.2) is 60.7 Å². The van der Waals surface area contributed by atoms with Crippen molar-refractivity contribution in [3.63, 3.8) is 0 Å². The molecule has 0 heterocycles. The summed E-state index contributed by atoms with van der Waals surface area (Å²) in [7, 11) is 1.45. The predicted octanol–water partition coefficient (Wildman–Crippen LogP) is 4.52. The van der Waals surface area contributed by atoms with Gasteiger partial charge in [-0.2, -0.15) is 13.2 Å². The fourth-order valence-electron chi connectivity index (χ4n) is 2.81. The minimum absolute atomic E-state index is 0.117. The van der Waals surface area contributed by atoms with Gasteiger partial charge in [0.15, 0.2) is 0 Å². The first kappa shape index (κ1) is 23.0. The van der Waals surface area contributed by atoms with E-state index < -0.39 is 23.6 Å². The Bertz CT molecular complexity index is 896. The van der Waals surface area contributed by atoms with Gasteiger partial charge < -0.3 is 15.0 Å². The van der Waals surface area contributed by atoms with E-state index in [1.165, 1.54) is 31.4 Å². The molecule has 2 amide bonds. The van der Waals surface area contributed by atoms with Gasteiger partial charge in [-0.1, -0.05) is 49.4 Å². The zero-order valence-corrected chi connectivity index (χ0v) is 16.7. The van der Waals surface area contributed by atoms with Gasteiger partial charge in [-0.15, -0.1) is 0 Å². The molecule has 0 atom stereocenters. The number of para-hydroxylation sites is 2. The van der Waals surface area contributed by atoms with Crippen LogP contribution in [0.3, 0.4) is 0 Å². The van der Waals surface area contributed by atoms with Crippen molar-refractivity contribution in [3.05, 3.63) is 66.2 Å². The monoisotopic (exact) mass is 420 g/mol. The van der Waals surface area contributed by atoms with Crippen LogP contribution in [0.4, 0.5) is 18.9 Å². The van der Waals surface area contributed by atoms with E-state index in [9.17, 15) is 22.8 Å². The predicted molar refractivity (Wildman–Crippen MR) is 109 cm³/mol. The number of ether oxygens (including phenoxy) is 1. The number of hydrogen-bond donors (Lipinski definition) is 1. The van der Waals surface area contributed by atoms with Crippen LogP contribution in [-0.4, -0.2) is 43.1 Å². The largest absolute Gasteiger partial charge is 0.495 e. The summed E-state index contributed by atoms with van der Waals surface area (Å²) >= 11 is 0. The zero-order chi connectivity index (χ0) is 22.1. The van der Waals surface area contributed by atoms with E-state index in [-0.39, 0.29) is 18.7 Å². The number of alkyl halides is 3. The Morgan fingerprint density at radius 3 is 2.30 bits per heavy atom. The molecule has 0 fully saturated rings. The molecule has 2 rings (SSSR count). The van der Waals surface area contributed by atoms with Crippen molar-refractivity contribution in [2.45, 2.75) is 19.5 Å². The van der Waals surface area contributed by atoms with Crippen molar-refractivity contribution < 1.29 is 27.5 Å². The van der Waals surface area contributed by atoms with Crippen molar-refractivity contribution in [1.82, 2.24) is 4.90 Å². The molecule has 160 valence electrons. The molecule has 0 aliphatic rings. The SMILES string of the molecule is CCCN(CC(=O)Nc1ccccc1OC)C(=O)/C=C(/c1ccccc1)C(F)(F)F. The lowest BCUT2D eigenvalue weighted by Gasteiger charge is -2.21. The van der Waals surface area contributed by atoms with Crippen LogP contribution in [0.5, 0.6) is 5.75 Å². The van der Waals surface area contributed by atoms with E-state index in [4.69, 9.17) is 4.74 Å². The van der Waals surface area contributed by atoms with Gasteiger partial charge in [0.05, 0.1) is 18.4 Å². The fraction of sp³-hybridized carbons (Fsp3) is 0.273. The molecule has 0 bridgehead atoms. The van der Waals surface area contributed by atoms with Gasteiger partial charge in [-0.3, -0.25) is 9.59 Å². The first-order valence-electron chi connectivity index (χ1n) is 9.32. The molecular formula is C22H23F3N2O3. The average Bonchev–Trinajstić information content (AvgIpc) is 2.71. The number of allylic oxidation sites excluding steroid dienone is 1. The molecule has 0 aliphatic heterocycles. The molecule has 2 aromatic carbocycles. The van der Waals surface area contributed by atoms with Gasteiger partial charge >= 0.3 is 6.18 Å². The molecule has 0 unspecified atom stereocenters. The van der Waals surface area contributed by atoms with Gasteiger partial charge in [-0.25, -0.2) is 0 Å². The van der Waals surface area contributed by atoms with Crippen LogP contribution in [0.25, 0.3) is 5.57 Å². The van der Waals surface area contributed by atoms with Gasteiger partial charge in [0.1, 0.15) is 12.3 Å². The number of halogens is 3. The minimum atomic E-state index is -4.71. The first-order valence-corrected chi connectivity index (χ1v) is 9.32. The number of methoxy groups -OCH3 is 1. The maximum absolute atomic E-state index is 13.5. The van der Waals surface area contributed by atoms with E-state index in [0.717, 1.165) is 4.90 Å². The Hall–Kier alpha value is -3.29. The van der Waals surface area contributed by atoms with Crippen LogP contribution in [0.1, 0.15) is 18.9 Å². The van der Waals surface area contributed by atoms with Gasteiger partial charge in [-0.05, 0) is 24.1 Å². The molecule has 2 aromatic rings. The first-order chi connectivity index (χ1) is 14.3. The smallest absolute Gasteiger partial charge is 0.417 e. The third-order valence-corrected chi connectivity index (χ3v) is 4.18. The number of carbonyl (C=O) groups excluding carboxylic acids is 2. The van der Waals surface area contributed by atoms with Crippen LogP contribution >= 0.6 is 0 Å². The summed E-state index contributed by atoms with van der Waals surface area (Å²) in [5.41, 5.74) is -0.766. The highest BCUT2D eigenvalue weighted by atomic mass is 19.4. The Morgan fingerprint density at radius 1 is 1.07 bits per heavy atom. The molecule has 0 aromatic heterocycles. The number of nitrogens with zero attached hydrogens (tertiary/aromatic N) is 1. The summed E-state index contributed by atoms with van der Waals surface area (Å²) in [6.45, 7) is 1.51. The molecule has 30 heavy (non-hydrogen) atoms. The van der Waals surface area contributed by atoms with Crippen molar-refractivity contribution in [3.8, 4) is 5.75 Å². The van der Waals surface area contributed by atoms with Gasteiger partial charge in [0.2, 0.25) is 11.8 Å². The van der Waals surface area contributed by atoms with Crippen LogP contribution in [0, 0.1) is 0 Å². The topological polar surface area (TPSA) is 58.6 Å². The Kier molecular flexibility index (Phi) is 8.03. The van der Waals surface area contributed by atoms with E-state index >= 15 is 0 Å². The van der Waals surface area contributed by atoms with E-state index in [2.05, 4.69) is 5.32 Å². The number of carbonyl (C=O) groups is 2. The third-order valence-electron chi connectivity index (χ3n) is 4.18. The number of rotatable bonds is 8. The highest BCUT2D eigenvalue weighted by molar-refractivity contribution is 6.00. The number of anilines is 1. The maximum Gasteiger partial charge on any atom is 0.417 e. The maximum atomic E-state index is 13.5. The summed E-state index contributed by atoms with van der Waals surface area (Å²) in [6.07, 6.45) is -3.69. The quantitative estimate of drug-likeness (QED) is 0.639. The summed E-state index contributed by atoms with van der Waals surface area (Å²) in [5, 5.41) is 2.62. The lowest BCUT2D eigenvalue weighted by atomic mass is 10.0. The molecular weight excluding hydrogens is 397 g/mol. The molecule has 8 heteroatoms. The number of nitrogens with one attached hydrogen (secondary N) is 1. The second kappa shape index (κ2) is 10.5. The van der Waals surface area contributed by atoms with Crippen LogP contribution in [-0.2, 0) is 9.59 Å². The molecule has 1 N–H and O–H groups in total. The summed E-state index contributed by atoms with van der Waals surface area (Å²) in [5.74, 6) is -0.992. The minimum Gasteiger partial charge on any atom is -0.495 e. The highest BCUT2D eigenvalue weighted by Gasteiger charge is 2.35. The third kappa shape index (κ3) is 6.37. The van der Waals surface area contributed by atoms with Crippen molar-refractivity contribution in [2.24, 2.45) is 0 Å². The normalized spacial score (nSPS) is 11.7. The number of amides is 2. The average molecular weight is 420 g/mol. The number of hydrogen-bond acceptors (Lipinski definition) is 3. The lowest BCUT2D eigenvalue weighted by Crippen LogP contribution is -2.38. The van der Waals surface area contributed by atoms with E-state index in [1.54, 1.807) is 37.3 Å². The molecule has 0 saturated carbocycles. The standard InChI is InChI=1S/C22H23F3N2O3/c1-3-13-27(15-20(28)26-18-11-7-8-12-19(18)30-2)21(29)14-17(22(23,24)25)16-9-5-4-6-10-16/h4-12,14H,3,13,15H2,1-2H3,(H,26,28)/b17-14-. The second-order valence-electron chi connectivity index (χ2n) is 6.43. The van der Waals surface area contributed by atoms with E-state index in [1.807, 2.05) is 0 Å². The molecule has 0 spiro atoms. The van der Waals surface area contributed by atoms with Crippen molar-refractivity contribution >= 4 is 23.1 Å². The molecule has 0 aliphatic carbocycles. The van der Waals surface area contributed by atoms with Crippen molar-refractivity contribution in [1.29, 1.82) is 0 Å². The zero-order valence-electron chi connectivity index (χ0n) is 16.7. The Labute approximate surface area is 173 Å². The van der Waals surface area contributed by atoms with Crippen LogP contribution < -0.4 is 10.1 Å². The van der Waals surface area contributed by atoms with Crippen molar-refractivity contribution in [2.75, 3.05) is 25.5 Å². The Balaban J connectivity index is 2.22. The molecule has 0 saturated heterocycles. The number of benzene rings is 2. The van der Waals surface area contributed by atoms with Gasteiger partial charge in [0.25, 0.3) is 0 Å². The highest BCUT2D eigenvalue weighted by Crippen LogP contribution is 2.33.